The van der Waals surface area contributed by atoms with Gasteiger partial charge in [0.1, 0.15) is 0 Å². The lowest BCUT2D eigenvalue weighted by Crippen LogP contribution is -2.34. The van der Waals surface area contributed by atoms with E-state index in [2.05, 4.69) is 0 Å². The summed E-state index contributed by atoms with van der Waals surface area (Å²) in [5.41, 5.74) is 6.65. The summed E-state index contributed by atoms with van der Waals surface area (Å²) in [4.78, 5) is 14.2. The molecule has 0 bridgehead atoms. The van der Waals surface area contributed by atoms with Crippen molar-refractivity contribution in [3.63, 3.8) is 0 Å². The fraction of sp³-hybridized carbons (Fsp3) is 0.500. The van der Waals surface area contributed by atoms with Gasteiger partial charge in [0.15, 0.2) is 15.6 Å². The van der Waals surface area contributed by atoms with Crippen LogP contribution in [0.5, 0.6) is 5.75 Å². The Morgan fingerprint density at radius 1 is 1.33 bits per heavy atom. The van der Waals surface area contributed by atoms with E-state index < -0.39 is 9.84 Å². The van der Waals surface area contributed by atoms with Crippen LogP contribution in [-0.2, 0) is 9.84 Å². The molecule has 2 rings (SSSR count). The summed E-state index contributed by atoms with van der Waals surface area (Å²) in [5.74, 6) is 0.275. The first-order valence-electron chi connectivity index (χ1n) is 6.95. The molecule has 0 radical (unpaired) electrons. The highest BCUT2D eigenvalue weighted by molar-refractivity contribution is 7.91. The van der Waals surface area contributed by atoms with Crippen molar-refractivity contribution in [1.82, 2.24) is 4.90 Å². The summed E-state index contributed by atoms with van der Waals surface area (Å²) in [6.45, 7) is 2.86. The number of benzene rings is 1. The third kappa shape index (κ3) is 3.66. The Labute approximate surface area is 124 Å². The molecular formula is C14H20N2O4S. The largest absolute Gasteiger partial charge is 0.491 e. The summed E-state index contributed by atoms with van der Waals surface area (Å²) < 4.78 is 28.7. The van der Waals surface area contributed by atoms with Crippen molar-refractivity contribution in [2.45, 2.75) is 13.3 Å². The van der Waals surface area contributed by atoms with Gasteiger partial charge in [0.05, 0.1) is 29.4 Å². The monoisotopic (exact) mass is 312 g/mol. The molecule has 1 saturated heterocycles. The van der Waals surface area contributed by atoms with Gasteiger partial charge in [-0.1, -0.05) is 6.07 Å². The van der Waals surface area contributed by atoms with Crippen molar-refractivity contribution in [1.29, 1.82) is 0 Å². The lowest BCUT2D eigenvalue weighted by Gasteiger charge is -2.21. The quantitative estimate of drug-likeness (QED) is 0.839. The zero-order chi connectivity index (χ0) is 15.5. The normalized spacial score (nSPS) is 18.0. The molecule has 1 aromatic carbocycles. The smallest absolute Gasteiger partial charge is 0.257 e. The number of hydrogen-bond acceptors (Lipinski definition) is 5. The molecule has 116 valence electrons. The topological polar surface area (TPSA) is 89.7 Å². The summed E-state index contributed by atoms with van der Waals surface area (Å²) in [7, 11) is -3.05. The van der Waals surface area contributed by atoms with Crippen molar-refractivity contribution in [3.05, 3.63) is 23.8 Å². The summed E-state index contributed by atoms with van der Waals surface area (Å²) in [5, 5.41) is 0. The molecule has 1 aliphatic heterocycles. The Morgan fingerprint density at radius 2 is 2.10 bits per heavy atom. The Kier molecular flexibility index (Phi) is 4.72. The number of nitrogens with two attached hydrogens (primary N) is 1. The average Bonchev–Trinajstić information content (AvgIpc) is 2.61. The molecule has 6 nitrogen and oxygen atoms in total. The summed E-state index contributed by atoms with van der Waals surface area (Å²) in [6, 6.07) is 5.03. The van der Waals surface area contributed by atoms with Crippen LogP contribution < -0.4 is 10.5 Å². The van der Waals surface area contributed by atoms with E-state index >= 15 is 0 Å². The van der Waals surface area contributed by atoms with Gasteiger partial charge in [0.2, 0.25) is 0 Å². The van der Waals surface area contributed by atoms with Gasteiger partial charge in [-0.2, -0.15) is 0 Å². The van der Waals surface area contributed by atoms with E-state index in [-0.39, 0.29) is 24.0 Å². The highest BCUT2D eigenvalue weighted by Gasteiger charge is 2.25. The zero-order valence-electron chi connectivity index (χ0n) is 12.0. The van der Waals surface area contributed by atoms with Gasteiger partial charge >= 0.3 is 0 Å². The molecule has 2 N–H and O–H groups in total. The van der Waals surface area contributed by atoms with Crippen LogP contribution >= 0.6 is 0 Å². The summed E-state index contributed by atoms with van der Waals surface area (Å²) >= 11 is 0. The van der Waals surface area contributed by atoms with Crippen LogP contribution in [0.4, 0.5) is 5.69 Å². The van der Waals surface area contributed by atoms with Crippen LogP contribution in [0.25, 0.3) is 0 Å². The zero-order valence-corrected chi connectivity index (χ0v) is 12.9. The van der Waals surface area contributed by atoms with Crippen molar-refractivity contribution in [2.24, 2.45) is 0 Å². The molecule has 1 aliphatic rings. The lowest BCUT2D eigenvalue weighted by atomic mass is 10.1. The van der Waals surface area contributed by atoms with Gasteiger partial charge < -0.3 is 15.4 Å². The molecule has 0 spiro atoms. The standard InChI is InChI=1S/C14H20N2O4S/c1-2-20-13-11(5-3-6-12(13)15)14(17)16-7-4-9-21(18,19)10-8-16/h3,5-6H,2,4,7-10,15H2,1H3. The molecular weight excluding hydrogens is 292 g/mol. The number of hydrogen-bond donors (Lipinski definition) is 1. The van der Waals surface area contributed by atoms with Gasteiger partial charge in [-0.25, -0.2) is 8.42 Å². The number of nitrogens with zero attached hydrogens (tertiary/aromatic N) is 1. The Bertz CT molecular complexity index is 628. The maximum Gasteiger partial charge on any atom is 0.257 e. The highest BCUT2D eigenvalue weighted by Crippen LogP contribution is 2.28. The predicted octanol–water partition coefficient (Wildman–Crippen LogP) is 0.928. The number of ether oxygens (including phenoxy) is 1. The Hall–Kier alpha value is -1.76. The fourth-order valence-corrected chi connectivity index (χ4v) is 3.61. The van der Waals surface area contributed by atoms with Crippen LogP contribution in [0, 0.1) is 0 Å². The third-order valence-corrected chi connectivity index (χ3v) is 5.12. The lowest BCUT2D eigenvalue weighted by molar-refractivity contribution is 0.0764. The molecule has 1 amide bonds. The van der Waals surface area contributed by atoms with Gasteiger partial charge in [0.25, 0.3) is 5.91 Å². The molecule has 0 saturated carbocycles. The van der Waals surface area contributed by atoms with E-state index in [0.29, 0.717) is 36.6 Å². The molecule has 1 fully saturated rings. The van der Waals surface area contributed by atoms with Crippen LogP contribution in [0.2, 0.25) is 0 Å². The van der Waals surface area contributed by atoms with Crippen molar-refractivity contribution >= 4 is 21.4 Å². The van der Waals surface area contributed by atoms with Crippen molar-refractivity contribution < 1.29 is 17.9 Å². The van der Waals surface area contributed by atoms with Crippen molar-refractivity contribution in [3.8, 4) is 5.75 Å². The SMILES string of the molecule is CCOc1c(N)cccc1C(=O)N1CCCS(=O)(=O)CC1. The number of carbonyl (C=O) groups is 1. The number of amides is 1. The van der Waals surface area contributed by atoms with Gasteiger partial charge in [-0.15, -0.1) is 0 Å². The molecule has 1 heterocycles. The molecule has 0 aromatic heterocycles. The van der Waals surface area contributed by atoms with E-state index in [1.54, 1.807) is 23.1 Å². The van der Waals surface area contributed by atoms with E-state index in [1.165, 1.54) is 0 Å². The number of sulfone groups is 1. The van der Waals surface area contributed by atoms with Crippen LogP contribution in [0.1, 0.15) is 23.7 Å². The van der Waals surface area contributed by atoms with Gasteiger partial charge in [-0.05, 0) is 25.5 Å². The Balaban J connectivity index is 2.26. The van der Waals surface area contributed by atoms with Gasteiger partial charge in [0, 0.05) is 13.1 Å². The molecule has 1 aromatic rings. The highest BCUT2D eigenvalue weighted by atomic mass is 32.2. The van der Waals surface area contributed by atoms with Crippen LogP contribution in [-0.4, -0.2) is 50.4 Å². The number of para-hydroxylation sites is 1. The molecule has 0 atom stereocenters. The first-order valence-corrected chi connectivity index (χ1v) is 8.77. The maximum atomic E-state index is 12.6. The number of nitrogen functional groups attached to an aromatic ring is 1. The second-order valence-corrected chi connectivity index (χ2v) is 7.26. The minimum absolute atomic E-state index is 0.00498. The van der Waals surface area contributed by atoms with Crippen molar-refractivity contribution in [2.75, 3.05) is 36.9 Å². The van der Waals surface area contributed by atoms with Crippen LogP contribution in [0.3, 0.4) is 0 Å². The van der Waals surface area contributed by atoms with E-state index in [1.807, 2.05) is 6.92 Å². The van der Waals surface area contributed by atoms with Crippen LogP contribution in [0.15, 0.2) is 18.2 Å². The molecule has 0 unspecified atom stereocenters. The average molecular weight is 312 g/mol. The predicted molar refractivity (Wildman–Crippen MR) is 81.2 cm³/mol. The number of carbonyl (C=O) groups excluding carboxylic acids is 1. The number of anilines is 1. The molecule has 21 heavy (non-hydrogen) atoms. The molecule has 7 heteroatoms. The van der Waals surface area contributed by atoms with E-state index in [4.69, 9.17) is 10.5 Å². The van der Waals surface area contributed by atoms with Gasteiger partial charge in [-0.3, -0.25) is 4.79 Å². The second-order valence-electron chi connectivity index (χ2n) is 4.95. The Morgan fingerprint density at radius 3 is 2.81 bits per heavy atom. The molecule has 0 aliphatic carbocycles. The summed E-state index contributed by atoms with van der Waals surface area (Å²) in [6.07, 6.45) is 0.459. The number of rotatable bonds is 3. The fourth-order valence-electron chi connectivity index (χ4n) is 2.34. The van der Waals surface area contributed by atoms with E-state index in [0.717, 1.165) is 0 Å². The second kappa shape index (κ2) is 6.34. The minimum Gasteiger partial charge on any atom is -0.491 e. The van der Waals surface area contributed by atoms with E-state index in [9.17, 15) is 13.2 Å². The first-order chi connectivity index (χ1) is 9.94. The third-order valence-electron chi connectivity index (χ3n) is 3.41. The minimum atomic E-state index is -3.05. The maximum absolute atomic E-state index is 12.6. The first kappa shape index (κ1) is 15.6.